The van der Waals surface area contributed by atoms with E-state index in [0.29, 0.717) is 10.6 Å². The Labute approximate surface area is 198 Å². The second-order valence-electron chi connectivity index (χ2n) is 8.60. The fourth-order valence-electron chi connectivity index (χ4n) is 4.60. The number of ether oxygens (including phenoxy) is 1. The predicted molar refractivity (Wildman–Crippen MR) is 132 cm³/mol. The smallest absolute Gasteiger partial charge is 0.163 e. The summed E-state index contributed by atoms with van der Waals surface area (Å²) in [5, 5.41) is 1.59. The van der Waals surface area contributed by atoms with Crippen molar-refractivity contribution in [3.8, 4) is 5.75 Å². The summed E-state index contributed by atoms with van der Waals surface area (Å²) in [6.45, 7) is 6.22. The van der Waals surface area contributed by atoms with E-state index in [1.54, 1.807) is 37.4 Å². The molecule has 0 fully saturated rings. The molecule has 0 aliphatic rings. The summed E-state index contributed by atoms with van der Waals surface area (Å²) in [7, 11) is 1.63. The lowest BCUT2D eigenvalue weighted by atomic mass is 9.86. The van der Waals surface area contributed by atoms with Gasteiger partial charge in [-0.05, 0) is 86.5 Å². The zero-order chi connectivity index (χ0) is 23.7. The maximum Gasteiger partial charge on any atom is 0.163 e. The third-order valence-electron chi connectivity index (χ3n) is 6.19. The van der Waals surface area contributed by atoms with Gasteiger partial charge in [-0.2, -0.15) is 0 Å². The van der Waals surface area contributed by atoms with Crippen LogP contribution in [0.25, 0.3) is 10.9 Å². The van der Waals surface area contributed by atoms with Crippen molar-refractivity contribution in [2.45, 2.75) is 39.2 Å². The van der Waals surface area contributed by atoms with Crippen molar-refractivity contribution in [1.29, 1.82) is 0 Å². The van der Waals surface area contributed by atoms with Crippen molar-refractivity contribution in [3.05, 3.63) is 100.0 Å². The van der Waals surface area contributed by atoms with Gasteiger partial charge in [0.1, 0.15) is 11.6 Å². The highest BCUT2D eigenvalue weighted by Gasteiger charge is 2.27. The van der Waals surface area contributed by atoms with Crippen LogP contribution in [0.1, 0.15) is 59.4 Å². The predicted octanol–water partition coefficient (Wildman–Crippen LogP) is 7.74. The van der Waals surface area contributed by atoms with Gasteiger partial charge in [-0.3, -0.25) is 4.79 Å². The first-order chi connectivity index (χ1) is 15.8. The van der Waals surface area contributed by atoms with Crippen LogP contribution in [-0.2, 0) is 0 Å². The van der Waals surface area contributed by atoms with Gasteiger partial charge >= 0.3 is 0 Å². The molecule has 0 saturated heterocycles. The van der Waals surface area contributed by atoms with Crippen LogP contribution >= 0.6 is 11.6 Å². The number of nitrogens with zero attached hydrogens (tertiary/aromatic N) is 1. The molecule has 1 heterocycles. The molecule has 33 heavy (non-hydrogen) atoms. The molecule has 0 aliphatic carbocycles. The molecule has 3 nitrogen and oxygen atoms in total. The standard InChI is InChI=1S/C28H27ClFNO2/c1-17(2)31-26-15-22(30)11-14-24(26)18(3)28(31)25(19-7-12-23(33-4)13-8-19)16-27(32)20-5-9-21(29)10-6-20/h5-15,17,25H,16H2,1-4H3. The molecule has 0 radical (unpaired) electrons. The first-order valence-electron chi connectivity index (χ1n) is 11.0. The molecule has 1 aromatic heterocycles. The van der Waals surface area contributed by atoms with Crippen LogP contribution in [0.15, 0.2) is 66.7 Å². The number of benzene rings is 3. The number of carbonyl (C=O) groups is 1. The van der Waals surface area contributed by atoms with E-state index >= 15 is 0 Å². The molecular formula is C28H27ClFNO2. The summed E-state index contributed by atoms with van der Waals surface area (Å²) in [6.07, 6.45) is 0.278. The highest BCUT2D eigenvalue weighted by molar-refractivity contribution is 6.30. The number of ketones is 1. The topological polar surface area (TPSA) is 31.2 Å². The molecule has 0 saturated carbocycles. The van der Waals surface area contributed by atoms with Crippen LogP contribution in [0, 0.1) is 12.7 Å². The van der Waals surface area contributed by atoms with Gasteiger partial charge in [0.15, 0.2) is 5.78 Å². The number of fused-ring (bicyclic) bond motifs is 1. The van der Waals surface area contributed by atoms with Gasteiger partial charge < -0.3 is 9.30 Å². The molecule has 0 amide bonds. The summed E-state index contributed by atoms with van der Waals surface area (Å²) >= 11 is 6.02. The largest absolute Gasteiger partial charge is 0.497 e. The van der Waals surface area contributed by atoms with Gasteiger partial charge in [-0.25, -0.2) is 4.39 Å². The van der Waals surface area contributed by atoms with Crippen molar-refractivity contribution >= 4 is 28.3 Å². The highest BCUT2D eigenvalue weighted by atomic mass is 35.5. The minimum Gasteiger partial charge on any atom is -0.497 e. The number of carbonyl (C=O) groups excluding carboxylic acids is 1. The van der Waals surface area contributed by atoms with E-state index in [4.69, 9.17) is 16.3 Å². The Morgan fingerprint density at radius 2 is 1.70 bits per heavy atom. The normalized spacial score (nSPS) is 12.3. The molecular weight excluding hydrogens is 437 g/mol. The van der Waals surface area contributed by atoms with Crippen molar-refractivity contribution in [1.82, 2.24) is 4.57 Å². The van der Waals surface area contributed by atoms with Gasteiger partial charge in [-0.1, -0.05) is 23.7 Å². The molecule has 0 aliphatic heterocycles. The van der Waals surface area contributed by atoms with Gasteiger partial charge in [0.05, 0.1) is 12.6 Å². The Morgan fingerprint density at radius 3 is 2.30 bits per heavy atom. The lowest BCUT2D eigenvalue weighted by molar-refractivity contribution is 0.0976. The molecule has 0 bridgehead atoms. The average molecular weight is 464 g/mol. The molecule has 0 N–H and O–H groups in total. The fourth-order valence-corrected chi connectivity index (χ4v) is 4.73. The number of Topliss-reactive ketones (excluding diaryl/α,β-unsaturated/α-hetero) is 1. The van der Waals surface area contributed by atoms with Crippen LogP contribution < -0.4 is 4.74 Å². The van der Waals surface area contributed by atoms with Crippen LogP contribution in [0.3, 0.4) is 0 Å². The molecule has 1 atom stereocenters. The van der Waals surface area contributed by atoms with Crippen molar-refractivity contribution in [2.24, 2.45) is 0 Å². The number of halogens is 2. The molecule has 170 valence electrons. The quantitative estimate of drug-likeness (QED) is 0.262. The molecule has 0 spiro atoms. The van der Waals surface area contributed by atoms with Crippen LogP contribution in [0.4, 0.5) is 4.39 Å². The summed E-state index contributed by atoms with van der Waals surface area (Å²) in [5.41, 5.74) is 4.55. The van der Waals surface area contributed by atoms with E-state index in [1.165, 1.54) is 6.07 Å². The van der Waals surface area contributed by atoms with Crippen LogP contribution in [0.2, 0.25) is 5.02 Å². The van der Waals surface area contributed by atoms with Crippen LogP contribution in [0.5, 0.6) is 5.75 Å². The molecule has 4 aromatic rings. The van der Waals surface area contributed by atoms with E-state index in [0.717, 1.165) is 33.5 Å². The van der Waals surface area contributed by atoms with Crippen molar-refractivity contribution in [3.63, 3.8) is 0 Å². The van der Waals surface area contributed by atoms with E-state index in [-0.39, 0.29) is 30.0 Å². The minimum absolute atomic E-state index is 0.0265. The van der Waals surface area contributed by atoms with E-state index < -0.39 is 0 Å². The Hall–Kier alpha value is -3.11. The monoisotopic (exact) mass is 463 g/mol. The number of hydrogen-bond acceptors (Lipinski definition) is 2. The molecule has 4 rings (SSSR count). The van der Waals surface area contributed by atoms with E-state index in [9.17, 15) is 9.18 Å². The second-order valence-corrected chi connectivity index (χ2v) is 9.03. The Kier molecular flexibility index (Phi) is 6.57. The number of aromatic nitrogens is 1. The zero-order valence-electron chi connectivity index (χ0n) is 19.2. The SMILES string of the molecule is COc1ccc(C(CC(=O)c2ccc(Cl)cc2)c2c(C)c3ccc(F)cc3n2C(C)C)cc1. The summed E-state index contributed by atoms with van der Waals surface area (Å²) < 4.78 is 21.7. The number of rotatable bonds is 7. The fraction of sp³-hybridized carbons (Fsp3) is 0.250. The van der Waals surface area contributed by atoms with Crippen molar-refractivity contribution in [2.75, 3.05) is 7.11 Å². The first-order valence-corrected chi connectivity index (χ1v) is 11.4. The molecule has 5 heteroatoms. The highest BCUT2D eigenvalue weighted by Crippen LogP contribution is 2.39. The van der Waals surface area contributed by atoms with E-state index in [1.807, 2.05) is 30.3 Å². The number of hydrogen-bond donors (Lipinski definition) is 0. The third-order valence-corrected chi connectivity index (χ3v) is 6.44. The van der Waals surface area contributed by atoms with Crippen molar-refractivity contribution < 1.29 is 13.9 Å². The van der Waals surface area contributed by atoms with Gasteiger partial charge in [-0.15, -0.1) is 0 Å². The van der Waals surface area contributed by atoms with Crippen LogP contribution in [-0.4, -0.2) is 17.5 Å². The lowest BCUT2D eigenvalue weighted by Crippen LogP contribution is -2.16. The minimum atomic E-state index is -0.272. The lowest BCUT2D eigenvalue weighted by Gasteiger charge is -2.24. The Balaban J connectivity index is 1.90. The Morgan fingerprint density at radius 1 is 1.03 bits per heavy atom. The van der Waals surface area contributed by atoms with Gasteiger partial charge in [0.2, 0.25) is 0 Å². The summed E-state index contributed by atoms with van der Waals surface area (Å²) in [6, 6.07) is 19.8. The Bertz CT molecular complexity index is 1290. The molecule has 1 unspecified atom stereocenters. The van der Waals surface area contributed by atoms with Gasteiger partial charge in [0, 0.05) is 40.0 Å². The number of aryl methyl sites for hydroxylation is 1. The number of methoxy groups -OCH3 is 1. The third kappa shape index (κ3) is 4.53. The van der Waals surface area contributed by atoms with Gasteiger partial charge in [0.25, 0.3) is 0 Å². The van der Waals surface area contributed by atoms with E-state index in [2.05, 4.69) is 25.3 Å². The zero-order valence-corrected chi connectivity index (χ0v) is 20.0. The summed E-state index contributed by atoms with van der Waals surface area (Å²) in [4.78, 5) is 13.4. The average Bonchev–Trinajstić information content (AvgIpc) is 3.09. The molecule has 3 aromatic carbocycles. The summed E-state index contributed by atoms with van der Waals surface area (Å²) in [5.74, 6) is 0.298. The maximum atomic E-state index is 14.2. The maximum absolute atomic E-state index is 14.2. The first kappa shape index (κ1) is 23.1. The second kappa shape index (κ2) is 9.40.